The van der Waals surface area contributed by atoms with Gasteiger partial charge in [0, 0.05) is 24.8 Å². The van der Waals surface area contributed by atoms with E-state index in [-0.39, 0.29) is 0 Å². The molecular formula is C11H11FN2. The Kier molecular flexibility index (Phi) is 1.47. The van der Waals surface area contributed by atoms with Crippen LogP contribution >= 0.6 is 0 Å². The molecule has 1 aromatic carbocycles. The van der Waals surface area contributed by atoms with Crippen LogP contribution in [0.15, 0.2) is 30.5 Å². The maximum Gasteiger partial charge on any atom is 0.160 e. The van der Waals surface area contributed by atoms with E-state index in [9.17, 15) is 4.39 Å². The van der Waals surface area contributed by atoms with Crippen LogP contribution in [0.2, 0.25) is 0 Å². The fourth-order valence-electron chi connectivity index (χ4n) is 1.88. The lowest BCUT2D eigenvalue weighted by Gasteiger charge is -2.35. The van der Waals surface area contributed by atoms with Crippen molar-refractivity contribution in [1.29, 1.82) is 0 Å². The maximum absolute atomic E-state index is 14.0. The largest absolute Gasteiger partial charge is 0.361 e. The molecule has 0 atom stereocenters. The Hall–Kier alpha value is -1.35. The number of rotatable bonds is 1. The van der Waals surface area contributed by atoms with Gasteiger partial charge >= 0.3 is 0 Å². The summed E-state index contributed by atoms with van der Waals surface area (Å²) in [6.07, 6.45) is 1.87. The minimum atomic E-state index is -1.15. The third-order valence-corrected chi connectivity index (χ3v) is 2.88. The monoisotopic (exact) mass is 190 g/mol. The molecule has 72 valence electrons. The SMILES string of the molecule is FC1(c2ccc3[nH]ccc3c2)CNC1. The zero-order chi connectivity index (χ0) is 9.60. The Morgan fingerprint density at radius 3 is 2.79 bits per heavy atom. The van der Waals surface area contributed by atoms with Gasteiger partial charge in [-0.25, -0.2) is 4.39 Å². The van der Waals surface area contributed by atoms with E-state index in [1.807, 2.05) is 30.5 Å². The van der Waals surface area contributed by atoms with Gasteiger partial charge in [0.15, 0.2) is 5.67 Å². The molecule has 2 aromatic rings. The van der Waals surface area contributed by atoms with Gasteiger partial charge in [-0.05, 0) is 29.1 Å². The fraction of sp³-hybridized carbons (Fsp3) is 0.273. The summed E-state index contributed by atoms with van der Waals surface area (Å²) in [6.45, 7) is 0.867. The van der Waals surface area contributed by atoms with Crippen LogP contribution in [0.3, 0.4) is 0 Å². The highest BCUT2D eigenvalue weighted by molar-refractivity contribution is 5.80. The first-order valence-electron chi connectivity index (χ1n) is 4.75. The summed E-state index contributed by atoms with van der Waals surface area (Å²) < 4.78 is 14.0. The Morgan fingerprint density at radius 1 is 1.21 bits per heavy atom. The van der Waals surface area contributed by atoms with E-state index in [1.54, 1.807) is 0 Å². The summed E-state index contributed by atoms with van der Waals surface area (Å²) in [7, 11) is 0. The summed E-state index contributed by atoms with van der Waals surface area (Å²) in [5.41, 5.74) is 0.693. The Bertz CT molecular complexity index is 471. The lowest BCUT2D eigenvalue weighted by molar-refractivity contribution is 0.0893. The molecule has 1 aliphatic rings. The Labute approximate surface area is 81.1 Å². The molecule has 2 nitrogen and oxygen atoms in total. The number of aromatic amines is 1. The first kappa shape index (κ1) is 8.00. The highest BCUT2D eigenvalue weighted by Gasteiger charge is 2.38. The summed E-state index contributed by atoms with van der Waals surface area (Å²) >= 11 is 0. The first-order valence-corrected chi connectivity index (χ1v) is 4.75. The Balaban J connectivity index is 2.13. The van der Waals surface area contributed by atoms with Crippen molar-refractivity contribution in [3.8, 4) is 0 Å². The van der Waals surface area contributed by atoms with Gasteiger partial charge in [-0.2, -0.15) is 0 Å². The lowest BCUT2D eigenvalue weighted by Crippen LogP contribution is -2.53. The molecule has 0 radical (unpaired) electrons. The second-order valence-electron chi connectivity index (χ2n) is 3.85. The van der Waals surface area contributed by atoms with Crippen LogP contribution in [0, 0.1) is 0 Å². The highest BCUT2D eigenvalue weighted by atomic mass is 19.1. The molecule has 3 heteroatoms. The van der Waals surface area contributed by atoms with Crippen LogP contribution < -0.4 is 5.32 Å². The average molecular weight is 190 g/mol. The van der Waals surface area contributed by atoms with Gasteiger partial charge in [0.25, 0.3) is 0 Å². The molecule has 14 heavy (non-hydrogen) atoms. The zero-order valence-corrected chi connectivity index (χ0v) is 7.68. The molecule has 0 saturated carbocycles. The molecule has 1 aromatic heterocycles. The van der Waals surface area contributed by atoms with Crippen molar-refractivity contribution in [3.05, 3.63) is 36.0 Å². The Morgan fingerprint density at radius 2 is 2.07 bits per heavy atom. The summed E-state index contributed by atoms with van der Waals surface area (Å²) in [6, 6.07) is 7.69. The van der Waals surface area contributed by atoms with Crippen molar-refractivity contribution in [1.82, 2.24) is 10.3 Å². The van der Waals surface area contributed by atoms with Gasteiger partial charge in [0.1, 0.15) is 0 Å². The smallest absolute Gasteiger partial charge is 0.160 e. The van der Waals surface area contributed by atoms with Gasteiger partial charge < -0.3 is 10.3 Å². The van der Waals surface area contributed by atoms with Gasteiger partial charge in [0.2, 0.25) is 0 Å². The summed E-state index contributed by atoms with van der Waals surface area (Å²) in [5.74, 6) is 0. The third kappa shape index (κ3) is 0.990. The van der Waals surface area contributed by atoms with Crippen LogP contribution in [-0.4, -0.2) is 18.1 Å². The number of nitrogens with one attached hydrogen (secondary N) is 2. The number of hydrogen-bond acceptors (Lipinski definition) is 1. The summed E-state index contributed by atoms with van der Waals surface area (Å²) in [5, 5.41) is 4.03. The minimum Gasteiger partial charge on any atom is -0.361 e. The van der Waals surface area contributed by atoms with Crippen molar-refractivity contribution in [2.24, 2.45) is 0 Å². The molecule has 1 saturated heterocycles. The van der Waals surface area contributed by atoms with Crippen LogP contribution in [0.1, 0.15) is 5.56 Å². The second-order valence-corrected chi connectivity index (χ2v) is 3.85. The number of benzene rings is 1. The quantitative estimate of drug-likeness (QED) is 0.706. The van der Waals surface area contributed by atoms with Crippen LogP contribution in [0.4, 0.5) is 4.39 Å². The van der Waals surface area contributed by atoms with Crippen molar-refractivity contribution in [3.63, 3.8) is 0 Å². The number of halogens is 1. The standard InChI is InChI=1S/C11H11FN2/c12-11(6-13-7-11)9-1-2-10-8(5-9)3-4-14-10/h1-5,13-14H,6-7H2. The van der Waals surface area contributed by atoms with E-state index in [0.717, 1.165) is 16.5 Å². The van der Waals surface area contributed by atoms with Gasteiger partial charge in [0.05, 0.1) is 0 Å². The number of aromatic nitrogens is 1. The normalized spacial score (nSPS) is 19.5. The fourth-order valence-corrected chi connectivity index (χ4v) is 1.88. The van der Waals surface area contributed by atoms with E-state index in [2.05, 4.69) is 10.3 Å². The molecule has 2 N–H and O–H groups in total. The lowest BCUT2D eigenvalue weighted by atomic mass is 9.89. The molecule has 0 aliphatic carbocycles. The van der Waals surface area contributed by atoms with Crippen molar-refractivity contribution >= 4 is 10.9 Å². The first-order chi connectivity index (χ1) is 6.78. The van der Waals surface area contributed by atoms with Gasteiger partial charge in [-0.1, -0.05) is 6.07 Å². The predicted octanol–water partition coefficient (Wildman–Crippen LogP) is 1.94. The molecule has 0 spiro atoms. The molecule has 0 amide bonds. The second kappa shape index (κ2) is 2.58. The maximum atomic E-state index is 14.0. The zero-order valence-electron chi connectivity index (χ0n) is 7.68. The van der Waals surface area contributed by atoms with Crippen molar-refractivity contribution in [2.45, 2.75) is 5.67 Å². The highest BCUT2D eigenvalue weighted by Crippen LogP contribution is 2.31. The molecular weight excluding hydrogens is 179 g/mol. The topological polar surface area (TPSA) is 27.8 Å². The number of H-pyrrole nitrogens is 1. The van der Waals surface area contributed by atoms with Crippen molar-refractivity contribution < 1.29 is 4.39 Å². The van der Waals surface area contributed by atoms with Crippen LogP contribution in [-0.2, 0) is 5.67 Å². The molecule has 2 heterocycles. The number of alkyl halides is 1. The van der Waals surface area contributed by atoms with E-state index in [1.165, 1.54) is 0 Å². The molecule has 1 aliphatic heterocycles. The van der Waals surface area contributed by atoms with E-state index < -0.39 is 5.67 Å². The molecule has 0 bridgehead atoms. The van der Waals surface area contributed by atoms with E-state index in [0.29, 0.717) is 13.1 Å². The number of hydrogen-bond donors (Lipinski definition) is 2. The molecule has 0 unspecified atom stereocenters. The molecule has 1 fully saturated rings. The minimum absolute atomic E-state index is 0.433. The van der Waals surface area contributed by atoms with E-state index >= 15 is 0 Å². The van der Waals surface area contributed by atoms with Crippen molar-refractivity contribution in [2.75, 3.05) is 13.1 Å². The van der Waals surface area contributed by atoms with Gasteiger partial charge in [-0.3, -0.25) is 0 Å². The average Bonchev–Trinajstić information content (AvgIpc) is 2.60. The van der Waals surface area contributed by atoms with Crippen LogP contribution in [0.5, 0.6) is 0 Å². The van der Waals surface area contributed by atoms with Crippen LogP contribution in [0.25, 0.3) is 10.9 Å². The summed E-state index contributed by atoms with van der Waals surface area (Å²) in [4.78, 5) is 3.10. The third-order valence-electron chi connectivity index (χ3n) is 2.88. The van der Waals surface area contributed by atoms with Gasteiger partial charge in [-0.15, -0.1) is 0 Å². The molecule has 3 rings (SSSR count). The number of fused-ring (bicyclic) bond motifs is 1. The predicted molar refractivity (Wildman–Crippen MR) is 54.0 cm³/mol. The van der Waals surface area contributed by atoms with E-state index in [4.69, 9.17) is 0 Å².